The summed E-state index contributed by atoms with van der Waals surface area (Å²) >= 11 is 0. The first-order valence-electron chi connectivity index (χ1n) is 9.49. The highest BCUT2D eigenvalue weighted by atomic mass is 28.4. The van der Waals surface area contributed by atoms with Gasteiger partial charge >= 0.3 is 8.56 Å². The first-order chi connectivity index (χ1) is 10.6. The maximum Gasteiger partial charge on any atom is 0.401 e. The van der Waals surface area contributed by atoms with Crippen molar-refractivity contribution in [2.75, 3.05) is 6.61 Å². The van der Waals surface area contributed by atoms with Crippen molar-refractivity contribution in [1.82, 2.24) is 0 Å². The molecule has 0 N–H and O–H groups in total. The highest BCUT2D eigenvalue weighted by molar-refractivity contribution is 6.69. The molecule has 0 aromatic rings. The van der Waals surface area contributed by atoms with Crippen LogP contribution in [0.5, 0.6) is 0 Å². The number of carbonyl (C=O) groups excluding carboxylic acids is 1. The van der Waals surface area contributed by atoms with Crippen LogP contribution in [0.25, 0.3) is 0 Å². The third-order valence-corrected chi connectivity index (χ3v) is 7.63. The van der Waals surface area contributed by atoms with Gasteiger partial charge in [-0.2, -0.15) is 0 Å². The van der Waals surface area contributed by atoms with E-state index >= 15 is 0 Å². The molecular weight excluding hydrogens is 292 g/mol. The van der Waals surface area contributed by atoms with E-state index < -0.39 is 8.56 Å². The van der Waals surface area contributed by atoms with E-state index in [1.807, 2.05) is 13.8 Å². The molecule has 0 saturated carbocycles. The van der Waals surface area contributed by atoms with E-state index in [0.29, 0.717) is 13.0 Å². The predicted octanol–water partition coefficient (Wildman–Crippen LogP) is 5.97. The molecule has 4 heteroatoms. The van der Waals surface area contributed by atoms with E-state index in [4.69, 9.17) is 8.85 Å². The van der Waals surface area contributed by atoms with E-state index in [-0.39, 0.29) is 5.97 Å². The lowest BCUT2D eigenvalue weighted by Gasteiger charge is -2.30. The zero-order valence-corrected chi connectivity index (χ0v) is 16.4. The van der Waals surface area contributed by atoms with Crippen LogP contribution < -0.4 is 0 Å². The fourth-order valence-corrected chi connectivity index (χ4v) is 6.19. The van der Waals surface area contributed by atoms with Crippen molar-refractivity contribution in [2.45, 2.75) is 104 Å². The summed E-state index contributed by atoms with van der Waals surface area (Å²) in [5.41, 5.74) is 0. The molecule has 3 nitrogen and oxygen atoms in total. The first-order valence-corrected chi connectivity index (χ1v) is 11.7. The molecule has 0 rings (SSSR count). The van der Waals surface area contributed by atoms with Crippen LogP contribution in [0.1, 0.15) is 91.9 Å². The second-order valence-electron chi connectivity index (χ2n) is 6.19. The Kier molecular flexibility index (Phi) is 14.0. The van der Waals surface area contributed by atoms with Gasteiger partial charge in [0.2, 0.25) is 0 Å². The smallest absolute Gasteiger partial charge is 0.401 e. The van der Waals surface area contributed by atoms with Crippen molar-refractivity contribution in [3.63, 3.8) is 0 Å². The number of hydrogen-bond acceptors (Lipinski definition) is 3. The molecular formula is C18H38O3Si. The van der Waals surface area contributed by atoms with Crippen molar-refractivity contribution in [1.29, 1.82) is 0 Å². The molecule has 0 aromatic carbocycles. The maximum atomic E-state index is 12.0. The summed E-state index contributed by atoms with van der Waals surface area (Å²) in [5.74, 6) is -0.0476. The zero-order valence-electron chi connectivity index (χ0n) is 15.4. The van der Waals surface area contributed by atoms with E-state index in [1.165, 1.54) is 38.5 Å². The van der Waals surface area contributed by atoms with Gasteiger partial charge in [0.15, 0.2) is 0 Å². The SMILES string of the molecule is CCCCCC[Si](CCCCCC)(OCC)OC(=O)CCC. The second kappa shape index (κ2) is 14.3. The van der Waals surface area contributed by atoms with Crippen LogP contribution in [0, 0.1) is 0 Å². The first kappa shape index (κ1) is 21.6. The normalized spacial score (nSPS) is 11.6. The minimum Gasteiger partial charge on any atom is -0.494 e. The summed E-state index contributed by atoms with van der Waals surface area (Å²) < 4.78 is 12.1. The Labute approximate surface area is 139 Å². The molecule has 0 aliphatic carbocycles. The number of rotatable bonds is 15. The molecule has 0 aromatic heterocycles. The lowest BCUT2D eigenvalue weighted by Crippen LogP contribution is -2.44. The maximum absolute atomic E-state index is 12.0. The monoisotopic (exact) mass is 330 g/mol. The Morgan fingerprint density at radius 1 is 0.773 bits per heavy atom. The van der Waals surface area contributed by atoms with Gasteiger partial charge in [0.25, 0.3) is 5.97 Å². The number of unbranched alkanes of at least 4 members (excludes halogenated alkanes) is 6. The van der Waals surface area contributed by atoms with Crippen LogP contribution in [0.2, 0.25) is 12.1 Å². The molecule has 0 spiro atoms. The zero-order chi connectivity index (χ0) is 16.7. The van der Waals surface area contributed by atoms with Crippen LogP contribution in [-0.2, 0) is 13.6 Å². The second-order valence-corrected chi connectivity index (χ2v) is 9.50. The van der Waals surface area contributed by atoms with E-state index in [0.717, 1.165) is 31.4 Å². The van der Waals surface area contributed by atoms with Gasteiger partial charge in [-0.3, -0.25) is 4.79 Å². The molecule has 0 saturated heterocycles. The van der Waals surface area contributed by atoms with E-state index in [1.54, 1.807) is 0 Å². The van der Waals surface area contributed by atoms with Crippen LogP contribution in [-0.4, -0.2) is 21.1 Å². The Morgan fingerprint density at radius 3 is 1.73 bits per heavy atom. The van der Waals surface area contributed by atoms with Gasteiger partial charge in [0.05, 0.1) is 0 Å². The molecule has 0 aliphatic heterocycles. The number of carbonyl (C=O) groups is 1. The summed E-state index contributed by atoms with van der Waals surface area (Å²) in [4.78, 5) is 12.0. The molecule has 0 fully saturated rings. The van der Waals surface area contributed by atoms with Crippen molar-refractivity contribution >= 4 is 14.5 Å². The molecule has 0 bridgehead atoms. The van der Waals surface area contributed by atoms with Crippen LogP contribution >= 0.6 is 0 Å². The molecule has 0 amide bonds. The highest BCUT2D eigenvalue weighted by Gasteiger charge is 2.39. The third-order valence-electron chi connectivity index (χ3n) is 3.98. The van der Waals surface area contributed by atoms with E-state index in [2.05, 4.69) is 13.8 Å². The average molecular weight is 331 g/mol. The Morgan fingerprint density at radius 2 is 1.32 bits per heavy atom. The summed E-state index contributed by atoms with van der Waals surface area (Å²) in [6.45, 7) is 9.15. The van der Waals surface area contributed by atoms with Crippen LogP contribution in [0.3, 0.4) is 0 Å². The molecule has 0 unspecified atom stereocenters. The standard InChI is InChI=1S/C18H38O3Si/c1-5-9-11-13-16-22(20-8-4,17-14-12-10-6-2)21-18(19)15-7-3/h5-17H2,1-4H3. The predicted molar refractivity (Wildman–Crippen MR) is 96.3 cm³/mol. The average Bonchev–Trinajstić information content (AvgIpc) is 2.49. The Hall–Kier alpha value is -0.353. The molecule has 132 valence electrons. The van der Waals surface area contributed by atoms with Crippen LogP contribution in [0.15, 0.2) is 0 Å². The van der Waals surface area contributed by atoms with E-state index in [9.17, 15) is 4.79 Å². The lowest BCUT2D eigenvalue weighted by atomic mass is 10.2. The Bertz CT molecular complexity index is 257. The van der Waals surface area contributed by atoms with Gasteiger partial charge in [0.1, 0.15) is 0 Å². The van der Waals surface area contributed by atoms with Crippen molar-refractivity contribution < 1.29 is 13.6 Å². The molecule has 0 atom stereocenters. The van der Waals surface area contributed by atoms with Gasteiger partial charge < -0.3 is 8.85 Å². The van der Waals surface area contributed by atoms with Crippen molar-refractivity contribution in [2.24, 2.45) is 0 Å². The van der Waals surface area contributed by atoms with Crippen LogP contribution in [0.4, 0.5) is 0 Å². The van der Waals surface area contributed by atoms with Gasteiger partial charge in [0, 0.05) is 25.1 Å². The topological polar surface area (TPSA) is 35.5 Å². The van der Waals surface area contributed by atoms with Gasteiger partial charge in [-0.15, -0.1) is 0 Å². The summed E-state index contributed by atoms with van der Waals surface area (Å²) in [6, 6.07) is 1.95. The quantitative estimate of drug-likeness (QED) is 0.274. The molecule has 0 aliphatic rings. The minimum absolute atomic E-state index is 0.0476. The fourth-order valence-electron chi connectivity index (χ4n) is 2.77. The van der Waals surface area contributed by atoms with Gasteiger partial charge in [-0.1, -0.05) is 72.1 Å². The minimum atomic E-state index is -2.35. The van der Waals surface area contributed by atoms with Gasteiger partial charge in [-0.25, -0.2) is 0 Å². The fraction of sp³-hybridized carbons (Fsp3) is 0.944. The third kappa shape index (κ3) is 10.4. The molecule has 0 heterocycles. The summed E-state index contributed by atoms with van der Waals surface area (Å²) in [5, 5.41) is 0. The number of hydrogen-bond donors (Lipinski definition) is 0. The van der Waals surface area contributed by atoms with Crippen molar-refractivity contribution in [3.8, 4) is 0 Å². The van der Waals surface area contributed by atoms with Crippen molar-refractivity contribution in [3.05, 3.63) is 0 Å². The largest absolute Gasteiger partial charge is 0.494 e. The highest BCUT2D eigenvalue weighted by Crippen LogP contribution is 2.26. The van der Waals surface area contributed by atoms with Gasteiger partial charge in [-0.05, 0) is 13.3 Å². The summed E-state index contributed by atoms with van der Waals surface area (Å²) in [7, 11) is -2.35. The lowest BCUT2D eigenvalue weighted by molar-refractivity contribution is -0.136. The summed E-state index contributed by atoms with van der Waals surface area (Å²) in [6.07, 6.45) is 11.1. The molecule has 0 radical (unpaired) electrons. The Balaban J connectivity index is 4.63. The molecule has 22 heavy (non-hydrogen) atoms.